The first kappa shape index (κ1) is 22.2. The molecule has 1 atom stereocenters. The van der Waals surface area contributed by atoms with Crippen LogP contribution in [0.5, 0.6) is 0 Å². The summed E-state index contributed by atoms with van der Waals surface area (Å²) >= 11 is 1.74. The molecule has 0 spiro atoms. The second kappa shape index (κ2) is 9.51. The zero-order valence-electron chi connectivity index (χ0n) is 18.2. The minimum atomic E-state index is -0.825. The fraction of sp³-hybridized carbons (Fsp3) is 0.231. The fourth-order valence-corrected chi connectivity index (χ4v) is 4.29. The van der Waals surface area contributed by atoms with Crippen molar-refractivity contribution in [2.45, 2.75) is 25.9 Å². The van der Waals surface area contributed by atoms with E-state index in [1.165, 1.54) is 9.88 Å². The summed E-state index contributed by atoms with van der Waals surface area (Å²) < 4.78 is 6.24. The van der Waals surface area contributed by atoms with Crippen LogP contribution < -0.4 is 4.90 Å². The summed E-state index contributed by atoms with van der Waals surface area (Å²) in [6.07, 6.45) is 8.90. The standard InChI is InChI=1S/C26H25N3OS/c1-19(17-27)25-22(18-28)23(26(2,30-25)20-11-7-5-8-12-20)14-10-6-9-13-21-15-16-24(31-21)29(3)4/h5,7-16H,6H2,1-4H3/b13-9+,14-10+,25-19+. The van der Waals surface area contributed by atoms with Gasteiger partial charge in [-0.05, 0) is 44.0 Å². The molecule has 2 aromatic rings. The number of anilines is 1. The third kappa shape index (κ3) is 4.63. The molecule has 156 valence electrons. The molecule has 3 rings (SSSR count). The van der Waals surface area contributed by atoms with Crippen molar-refractivity contribution in [2.24, 2.45) is 0 Å². The average Bonchev–Trinajstić information content (AvgIpc) is 3.37. The van der Waals surface area contributed by atoms with Crippen LogP contribution in [0.3, 0.4) is 0 Å². The van der Waals surface area contributed by atoms with Crippen molar-refractivity contribution in [3.8, 4) is 12.1 Å². The molecule has 5 heteroatoms. The van der Waals surface area contributed by atoms with Gasteiger partial charge in [0.05, 0.1) is 16.6 Å². The van der Waals surface area contributed by atoms with Crippen molar-refractivity contribution < 1.29 is 4.74 Å². The summed E-state index contributed by atoms with van der Waals surface area (Å²) in [5, 5.41) is 20.4. The number of hydrogen-bond acceptors (Lipinski definition) is 5. The SMILES string of the molecule is C/C(C#N)=C1\OC(C)(c2ccccc2)C(/C=C/C/C=C/c2ccc(N(C)C)s2)=C1C#N. The van der Waals surface area contributed by atoms with Gasteiger partial charge in [-0.25, -0.2) is 0 Å². The third-order valence-electron chi connectivity index (χ3n) is 5.15. The third-order valence-corrected chi connectivity index (χ3v) is 6.37. The topological polar surface area (TPSA) is 60.0 Å². The summed E-state index contributed by atoms with van der Waals surface area (Å²) in [5.41, 5.74) is 1.70. The molecule has 1 aliphatic rings. The maximum absolute atomic E-state index is 9.85. The zero-order valence-corrected chi connectivity index (χ0v) is 19.0. The highest BCUT2D eigenvalue weighted by molar-refractivity contribution is 7.16. The maximum Gasteiger partial charge on any atom is 0.158 e. The first-order chi connectivity index (χ1) is 14.9. The number of nitrogens with zero attached hydrogens (tertiary/aromatic N) is 3. The Morgan fingerprint density at radius 1 is 1.10 bits per heavy atom. The molecule has 1 aromatic heterocycles. The van der Waals surface area contributed by atoms with Gasteiger partial charge >= 0.3 is 0 Å². The lowest BCUT2D eigenvalue weighted by atomic mass is 9.86. The van der Waals surface area contributed by atoms with E-state index in [1.807, 2.05) is 63.5 Å². The van der Waals surface area contributed by atoms with E-state index < -0.39 is 5.60 Å². The Kier molecular flexibility index (Phi) is 6.80. The second-order valence-electron chi connectivity index (χ2n) is 7.58. The predicted molar refractivity (Wildman–Crippen MR) is 127 cm³/mol. The zero-order chi connectivity index (χ0) is 22.4. The van der Waals surface area contributed by atoms with Crippen molar-refractivity contribution in [1.82, 2.24) is 0 Å². The Hall–Kier alpha value is -3.54. The van der Waals surface area contributed by atoms with Gasteiger partial charge in [0.15, 0.2) is 11.4 Å². The number of hydrogen-bond donors (Lipinski definition) is 0. The van der Waals surface area contributed by atoms with E-state index in [9.17, 15) is 10.5 Å². The lowest BCUT2D eigenvalue weighted by Gasteiger charge is -2.27. The number of thiophene rings is 1. The molecule has 0 fully saturated rings. The molecule has 0 saturated heterocycles. The minimum Gasteiger partial charge on any atom is -0.476 e. The highest BCUT2D eigenvalue weighted by Crippen LogP contribution is 2.46. The quantitative estimate of drug-likeness (QED) is 0.505. The van der Waals surface area contributed by atoms with Gasteiger partial charge in [0.2, 0.25) is 0 Å². The van der Waals surface area contributed by atoms with E-state index in [2.05, 4.69) is 41.3 Å². The normalized spacial score (nSPS) is 20.1. The van der Waals surface area contributed by atoms with Gasteiger partial charge in [-0.15, -0.1) is 11.3 Å². The Balaban J connectivity index is 1.89. The molecular formula is C26H25N3OS. The van der Waals surface area contributed by atoms with Crippen LogP contribution in [0.25, 0.3) is 6.08 Å². The molecule has 0 amide bonds. The molecule has 1 aromatic carbocycles. The predicted octanol–water partition coefficient (Wildman–Crippen LogP) is 6.34. The molecule has 0 N–H and O–H groups in total. The van der Waals surface area contributed by atoms with Gasteiger partial charge < -0.3 is 9.64 Å². The van der Waals surface area contributed by atoms with Crippen LogP contribution in [-0.4, -0.2) is 14.1 Å². The molecule has 31 heavy (non-hydrogen) atoms. The molecule has 1 aliphatic heterocycles. The summed E-state index contributed by atoms with van der Waals surface area (Å²) in [5.74, 6) is 0.362. The van der Waals surface area contributed by atoms with Crippen molar-refractivity contribution in [2.75, 3.05) is 19.0 Å². The van der Waals surface area contributed by atoms with Crippen molar-refractivity contribution in [3.05, 3.63) is 93.6 Å². The summed E-state index contributed by atoms with van der Waals surface area (Å²) in [6.45, 7) is 3.62. The van der Waals surface area contributed by atoms with E-state index in [-0.39, 0.29) is 0 Å². The van der Waals surface area contributed by atoms with Gasteiger partial charge in [0.25, 0.3) is 0 Å². The highest BCUT2D eigenvalue weighted by atomic mass is 32.1. The van der Waals surface area contributed by atoms with Gasteiger partial charge in [-0.3, -0.25) is 0 Å². The molecule has 0 aliphatic carbocycles. The lowest BCUT2D eigenvalue weighted by molar-refractivity contribution is 0.0749. The van der Waals surface area contributed by atoms with Crippen molar-refractivity contribution in [3.63, 3.8) is 0 Å². The van der Waals surface area contributed by atoms with E-state index in [1.54, 1.807) is 18.3 Å². The van der Waals surface area contributed by atoms with Gasteiger partial charge in [-0.2, -0.15) is 10.5 Å². The van der Waals surface area contributed by atoms with Gasteiger partial charge in [-0.1, -0.05) is 48.6 Å². The van der Waals surface area contributed by atoms with Crippen molar-refractivity contribution in [1.29, 1.82) is 10.5 Å². The molecule has 4 nitrogen and oxygen atoms in total. The summed E-state index contributed by atoms with van der Waals surface area (Å²) in [7, 11) is 4.07. The Labute approximate surface area is 188 Å². The molecule has 2 heterocycles. The van der Waals surface area contributed by atoms with E-state index in [0.717, 1.165) is 17.6 Å². The van der Waals surface area contributed by atoms with E-state index >= 15 is 0 Å². The summed E-state index contributed by atoms with van der Waals surface area (Å²) in [4.78, 5) is 3.29. The minimum absolute atomic E-state index is 0.362. The van der Waals surface area contributed by atoms with Crippen LogP contribution in [0, 0.1) is 22.7 Å². The van der Waals surface area contributed by atoms with Crippen LogP contribution in [0.4, 0.5) is 5.00 Å². The van der Waals surface area contributed by atoms with E-state index in [4.69, 9.17) is 4.74 Å². The number of allylic oxidation sites excluding steroid dienone is 4. The number of benzene rings is 1. The first-order valence-corrected chi connectivity index (χ1v) is 10.8. The smallest absolute Gasteiger partial charge is 0.158 e. The van der Waals surface area contributed by atoms with Gasteiger partial charge in [0.1, 0.15) is 11.6 Å². The average molecular weight is 428 g/mol. The molecule has 0 bridgehead atoms. The Morgan fingerprint density at radius 2 is 1.81 bits per heavy atom. The molecular weight excluding hydrogens is 402 g/mol. The number of nitriles is 2. The van der Waals surface area contributed by atoms with Crippen molar-refractivity contribution >= 4 is 22.4 Å². The van der Waals surface area contributed by atoms with Crippen LogP contribution in [-0.2, 0) is 10.3 Å². The molecule has 0 saturated carbocycles. The first-order valence-electron chi connectivity index (χ1n) is 10.0. The van der Waals surface area contributed by atoms with Crippen LogP contribution in [0.2, 0.25) is 0 Å². The number of ether oxygens (including phenoxy) is 1. The fourth-order valence-electron chi connectivity index (χ4n) is 3.43. The maximum atomic E-state index is 9.85. The Morgan fingerprint density at radius 3 is 2.42 bits per heavy atom. The molecule has 0 radical (unpaired) electrons. The Bertz CT molecular complexity index is 1150. The number of rotatable bonds is 6. The molecule has 1 unspecified atom stereocenters. The van der Waals surface area contributed by atoms with Gasteiger partial charge in [0, 0.05) is 24.5 Å². The van der Waals surface area contributed by atoms with Crippen LogP contribution in [0.1, 0.15) is 30.7 Å². The monoisotopic (exact) mass is 427 g/mol. The van der Waals surface area contributed by atoms with Crippen LogP contribution in [0.15, 0.2) is 83.2 Å². The van der Waals surface area contributed by atoms with Crippen LogP contribution >= 0.6 is 11.3 Å². The highest BCUT2D eigenvalue weighted by Gasteiger charge is 2.42. The second-order valence-corrected chi connectivity index (χ2v) is 8.67. The van der Waals surface area contributed by atoms with E-state index in [0.29, 0.717) is 16.9 Å². The lowest BCUT2D eigenvalue weighted by Crippen LogP contribution is -2.23. The largest absolute Gasteiger partial charge is 0.476 e. The summed E-state index contributed by atoms with van der Waals surface area (Å²) in [6, 6.07) is 18.4.